The van der Waals surface area contributed by atoms with Crippen molar-refractivity contribution in [2.75, 3.05) is 27.9 Å². The van der Waals surface area contributed by atoms with E-state index in [4.69, 9.17) is 42.6 Å². The summed E-state index contributed by atoms with van der Waals surface area (Å²) in [7, 11) is 4.45. The SMILES string of the molecule is CO[C@@H]1[C@H](O)[C@@H](C)O[C@@H](OCC2C(C)OC(=O)/C=C/C(C)C(O[C@H]3O[C@H](C)C[C@@H](OC)[C@@H]3O)CCC(C)(O)C(=O)/C=C/C3OC32)[C@@H]1OC. The zero-order valence-electron chi connectivity index (χ0n) is 29.1. The molecule has 4 rings (SSSR count). The molecular formula is C34H54O14. The number of carbonyl (C=O) groups excluding carboxylic acids is 2. The highest BCUT2D eigenvalue weighted by Gasteiger charge is 2.49. The van der Waals surface area contributed by atoms with Gasteiger partial charge in [-0.15, -0.1) is 0 Å². The molecule has 7 unspecified atom stereocenters. The van der Waals surface area contributed by atoms with Crippen LogP contribution < -0.4 is 0 Å². The van der Waals surface area contributed by atoms with Gasteiger partial charge in [-0.2, -0.15) is 0 Å². The third-order valence-electron chi connectivity index (χ3n) is 9.85. The number of aliphatic hydroxyl groups is 3. The molecule has 4 aliphatic heterocycles. The number of ether oxygens (including phenoxy) is 9. The lowest BCUT2D eigenvalue weighted by Gasteiger charge is -2.42. The van der Waals surface area contributed by atoms with E-state index in [0.717, 1.165) is 0 Å². The van der Waals surface area contributed by atoms with Crippen molar-refractivity contribution in [2.24, 2.45) is 11.8 Å². The Morgan fingerprint density at radius 1 is 0.854 bits per heavy atom. The maximum Gasteiger partial charge on any atom is 0.330 e. The van der Waals surface area contributed by atoms with Crippen LogP contribution in [-0.2, 0) is 52.2 Å². The topological polar surface area (TPSA) is 181 Å². The van der Waals surface area contributed by atoms with Crippen LogP contribution in [-0.4, -0.2) is 140 Å². The second-order valence-corrected chi connectivity index (χ2v) is 13.5. The summed E-state index contributed by atoms with van der Waals surface area (Å²) < 4.78 is 52.3. The summed E-state index contributed by atoms with van der Waals surface area (Å²) >= 11 is 0. The van der Waals surface area contributed by atoms with Gasteiger partial charge in [-0.1, -0.05) is 13.0 Å². The minimum atomic E-state index is -1.72. The molecule has 4 heterocycles. The van der Waals surface area contributed by atoms with Crippen molar-refractivity contribution in [3.8, 4) is 0 Å². The molecule has 3 N–H and O–H groups in total. The second kappa shape index (κ2) is 16.9. The first kappa shape index (κ1) is 39.0. The fourth-order valence-corrected chi connectivity index (χ4v) is 6.53. The number of methoxy groups -OCH3 is 3. The van der Waals surface area contributed by atoms with Gasteiger partial charge in [0.05, 0.1) is 37.1 Å². The lowest BCUT2D eigenvalue weighted by Crippen LogP contribution is -2.59. The lowest BCUT2D eigenvalue weighted by atomic mass is 9.89. The van der Waals surface area contributed by atoms with E-state index in [0.29, 0.717) is 6.42 Å². The molecular weight excluding hydrogens is 632 g/mol. The zero-order chi connectivity index (χ0) is 35.3. The van der Waals surface area contributed by atoms with E-state index in [1.807, 2.05) is 13.8 Å². The summed E-state index contributed by atoms with van der Waals surface area (Å²) in [5, 5.41) is 32.5. The third-order valence-corrected chi connectivity index (χ3v) is 9.85. The Bertz CT molecular complexity index is 1130. The summed E-state index contributed by atoms with van der Waals surface area (Å²) in [4.78, 5) is 26.3. The van der Waals surface area contributed by atoms with Crippen LogP contribution in [0.3, 0.4) is 0 Å². The number of hydrogen-bond acceptors (Lipinski definition) is 14. The number of epoxide rings is 1. The molecule has 0 radical (unpaired) electrons. The Kier molecular flexibility index (Phi) is 13.7. The Balaban J connectivity index is 1.53. The first-order valence-corrected chi connectivity index (χ1v) is 16.7. The van der Waals surface area contributed by atoms with Crippen LogP contribution in [0.25, 0.3) is 0 Å². The van der Waals surface area contributed by atoms with Gasteiger partial charge >= 0.3 is 5.97 Å². The molecule has 0 spiro atoms. The normalized spacial score (nSPS) is 47.5. The van der Waals surface area contributed by atoms with E-state index in [2.05, 4.69) is 0 Å². The van der Waals surface area contributed by atoms with Gasteiger partial charge in [-0.05, 0) is 52.7 Å². The molecule has 14 heteroatoms. The number of ketones is 1. The molecule has 14 nitrogen and oxygen atoms in total. The first-order chi connectivity index (χ1) is 22.7. The lowest BCUT2D eigenvalue weighted by molar-refractivity contribution is -0.305. The largest absolute Gasteiger partial charge is 0.459 e. The predicted molar refractivity (Wildman–Crippen MR) is 169 cm³/mol. The van der Waals surface area contributed by atoms with Crippen LogP contribution >= 0.6 is 0 Å². The third kappa shape index (κ3) is 9.49. The van der Waals surface area contributed by atoms with E-state index >= 15 is 0 Å². The van der Waals surface area contributed by atoms with Gasteiger partial charge in [0.1, 0.15) is 42.2 Å². The van der Waals surface area contributed by atoms with Crippen LogP contribution in [0.4, 0.5) is 0 Å². The van der Waals surface area contributed by atoms with Crippen molar-refractivity contribution >= 4 is 11.8 Å². The molecule has 0 aliphatic carbocycles. The van der Waals surface area contributed by atoms with Gasteiger partial charge < -0.3 is 58.0 Å². The Morgan fingerprint density at radius 3 is 2.23 bits per heavy atom. The minimum absolute atomic E-state index is 0.0273. The molecule has 0 aromatic heterocycles. The number of esters is 1. The standard InChI is InChI=1S/C34H54O14/c1-17-9-12-26(36)45-19(3)21(16-43-33-31(42-8)30(41-7)27(37)20(4)46-33)29-23(47-29)10-11-25(35)34(5,39)14-13-22(17)48-32-28(38)24(40-6)15-18(2)44-32/h9-12,17-24,27-33,37-39H,13-16H2,1-8H3/b11-10+,12-9+/t17?,18-,19?,20-,21?,22?,23?,24-,27-,28+,29?,30-,31-,32-,33-,34?/m1/s1. The number of rotatable bonds is 8. The summed E-state index contributed by atoms with van der Waals surface area (Å²) in [5.74, 6) is -2.00. The van der Waals surface area contributed by atoms with Crippen molar-refractivity contribution in [1.29, 1.82) is 0 Å². The highest BCUT2D eigenvalue weighted by atomic mass is 16.7. The minimum Gasteiger partial charge on any atom is -0.459 e. The van der Waals surface area contributed by atoms with Gasteiger partial charge in [-0.25, -0.2) is 4.79 Å². The van der Waals surface area contributed by atoms with Crippen LogP contribution in [0.1, 0.15) is 53.9 Å². The van der Waals surface area contributed by atoms with Crippen LogP contribution in [0.2, 0.25) is 0 Å². The average Bonchev–Trinajstić information content (AvgIpc) is 3.81. The summed E-state index contributed by atoms with van der Waals surface area (Å²) in [5.41, 5.74) is -1.72. The molecule has 4 aliphatic rings. The molecule has 0 aromatic carbocycles. The molecule has 16 atom stereocenters. The fourth-order valence-electron chi connectivity index (χ4n) is 6.53. The molecule has 0 amide bonds. The highest BCUT2D eigenvalue weighted by molar-refractivity contribution is 5.96. The molecule has 3 fully saturated rings. The smallest absolute Gasteiger partial charge is 0.330 e. The first-order valence-electron chi connectivity index (χ1n) is 16.7. The van der Waals surface area contributed by atoms with Gasteiger partial charge in [-0.3, -0.25) is 4.79 Å². The van der Waals surface area contributed by atoms with E-state index in [-0.39, 0.29) is 25.6 Å². The van der Waals surface area contributed by atoms with E-state index in [1.165, 1.54) is 40.4 Å². The van der Waals surface area contributed by atoms with Gasteiger partial charge in [0, 0.05) is 45.7 Å². The van der Waals surface area contributed by atoms with Crippen molar-refractivity contribution in [1.82, 2.24) is 0 Å². The van der Waals surface area contributed by atoms with E-state index in [1.54, 1.807) is 26.0 Å². The number of aliphatic hydroxyl groups excluding tert-OH is 2. The number of fused-ring (bicyclic) bond motifs is 1. The molecule has 0 saturated carbocycles. The highest BCUT2D eigenvalue weighted by Crippen LogP contribution is 2.36. The summed E-state index contributed by atoms with van der Waals surface area (Å²) in [6, 6.07) is 0. The van der Waals surface area contributed by atoms with Crippen molar-refractivity contribution < 1.29 is 67.5 Å². The summed E-state index contributed by atoms with van der Waals surface area (Å²) in [6.45, 7) is 8.58. The van der Waals surface area contributed by atoms with Crippen LogP contribution in [0.15, 0.2) is 24.3 Å². The maximum atomic E-state index is 13.2. The van der Waals surface area contributed by atoms with E-state index < -0.39 is 103 Å². The monoisotopic (exact) mass is 686 g/mol. The fraction of sp³-hybridized carbons (Fsp3) is 0.824. The zero-order valence-corrected chi connectivity index (χ0v) is 29.1. The van der Waals surface area contributed by atoms with Crippen molar-refractivity contribution in [3.05, 3.63) is 24.3 Å². The number of carbonyl (C=O) groups is 2. The Hall–Kier alpha value is -1.82. The molecule has 0 bridgehead atoms. The Labute approximate surface area is 282 Å². The van der Waals surface area contributed by atoms with Crippen molar-refractivity contribution in [3.63, 3.8) is 0 Å². The van der Waals surface area contributed by atoms with Crippen molar-refractivity contribution in [2.45, 2.75) is 139 Å². The average molecular weight is 687 g/mol. The van der Waals surface area contributed by atoms with Gasteiger partial charge in [0.2, 0.25) is 0 Å². The van der Waals surface area contributed by atoms with Gasteiger partial charge in [0.25, 0.3) is 0 Å². The Morgan fingerprint density at radius 2 is 1.56 bits per heavy atom. The van der Waals surface area contributed by atoms with Gasteiger partial charge in [0.15, 0.2) is 18.4 Å². The molecule has 3 saturated heterocycles. The molecule has 0 aromatic rings. The maximum absolute atomic E-state index is 13.2. The van der Waals surface area contributed by atoms with Crippen LogP contribution in [0.5, 0.6) is 0 Å². The molecule has 48 heavy (non-hydrogen) atoms. The number of cyclic esters (lactones) is 1. The van der Waals surface area contributed by atoms with E-state index in [9.17, 15) is 24.9 Å². The predicted octanol–water partition coefficient (Wildman–Crippen LogP) is 1.21. The molecule has 274 valence electrons. The van der Waals surface area contributed by atoms with Crippen LogP contribution in [0, 0.1) is 11.8 Å². The quantitative estimate of drug-likeness (QED) is 0.245. The second-order valence-electron chi connectivity index (χ2n) is 13.5. The number of hydrogen-bond donors (Lipinski definition) is 3. The summed E-state index contributed by atoms with van der Waals surface area (Å²) in [6.07, 6.45) is -2.35.